The van der Waals surface area contributed by atoms with Crippen LogP contribution in [-0.2, 0) is 23.9 Å². The fourth-order valence-electron chi connectivity index (χ4n) is 1.37. The molecule has 5 nitrogen and oxygen atoms in total. The molecule has 0 aliphatic carbocycles. The molecular weight excluding hydrogens is 212 g/mol. The van der Waals surface area contributed by atoms with Crippen molar-refractivity contribution in [3.8, 4) is 0 Å². The van der Waals surface area contributed by atoms with E-state index in [1.165, 1.54) is 14.2 Å². The zero-order valence-electron chi connectivity index (χ0n) is 9.69. The number of carbonyl (C=O) groups excluding carboxylic acids is 3. The highest BCUT2D eigenvalue weighted by Gasteiger charge is 2.34. The molecule has 0 fully saturated rings. The van der Waals surface area contributed by atoms with Gasteiger partial charge in [0.2, 0.25) is 0 Å². The molecule has 0 amide bonds. The van der Waals surface area contributed by atoms with Crippen LogP contribution in [0.1, 0.15) is 13.3 Å². The third-order valence-corrected chi connectivity index (χ3v) is 2.35. The lowest BCUT2D eigenvalue weighted by molar-refractivity contribution is -0.150. The molecule has 0 saturated heterocycles. The lowest BCUT2D eigenvalue weighted by Gasteiger charge is -2.20. The zero-order valence-corrected chi connectivity index (χ0v) is 9.69. The van der Waals surface area contributed by atoms with Gasteiger partial charge in [0.15, 0.2) is 0 Å². The van der Waals surface area contributed by atoms with Crippen molar-refractivity contribution in [3.63, 3.8) is 0 Å². The number of rotatable bonds is 6. The van der Waals surface area contributed by atoms with Crippen molar-refractivity contribution in [2.24, 2.45) is 11.8 Å². The number of hydrogen-bond acceptors (Lipinski definition) is 5. The summed E-state index contributed by atoms with van der Waals surface area (Å²) in [5.41, 5.74) is -0.0618. The molecule has 2 atom stereocenters. The Morgan fingerprint density at radius 1 is 1.31 bits per heavy atom. The fraction of sp³-hybridized carbons (Fsp3) is 0.545. The van der Waals surface area contributed by atoms with E-state index in [-0.39, 0.29) is 5.57 Å². The van der Waals surface area contributed by atoms with Crippen LogP contribution < -0.4 is 0 Å². The predicted octanol–water partition coefficient (Wildman–Crippen LogP) is 0.730. The summed E-state index contributed by atoms with van der Waals surface area (Å²) < 4.78 is 9.01. The first kappa shape index (κ1) is 14.3. The second-order valence-electron chi connectivity index (χ2n) is 3.23. The van der Waals surface area contributed by atoms with E-state index in [0.29, 0.717) is 12.7 Å². The van der Waals surface area contributed by atoms with Gasteiger partial charge in [0, 0.05) is 11.5 Å². The Kier molecular flexibility index (Phi) is 6.07. The Hall–Kier alpha value is -1.65. The zero-order chi connectivity index (χ0) is 12.7. The summed E-state index contributed by atoms with van der Waals surface area (Å²) in [5, 5.41) is 0. The van der Waals surface area contributed by atoms with Gasteiger partial charge in [-0.1, -0.05) is 13.5 Å². The second kappa shape index (κ2) is 6.76. The van der Waals surface area contributed by atoms with Crippen molar-refractivity contribution in [1.29, 1.82) is 0 Å². The van der Waals surface area contributed by atoms with Crippen LogP contribution in [-0.4, -0.2) is 32.4 Å². The van der Waals surface area contributed by atoms with Crippen molar-refractivity contribution in [1.82, 2.24) is 0 Å². The van der Waals surface area contributed by atoms with Crippen LogP contribution in [0.15, 0.2) is 12.2 Å². The molecule has 0 aliphatic heterocycles. The molecule has 90 valence electrons. The van der Waals surface area contributed by atoms with E-state index in [2.05, 4.69) is 16.1 Å². The van der Waals surface area contributed by atoms with Crippen LogP contribution in [0.3, 0.4) is 0 Å². The van der Waals surface area contributed by atoms with Gasteiger partial charge in [-0.3, -0.25) is 4.79 Å². The van der Waals surface area contributed by atoms with Crippen molar-refractivity contribution >= 4 is 18.2 Å². The Morgan fingerprint density at radius 2 is 1.88 bits per heavy atom. The smallest absolute Gasteiger partial charge is 0.334 e. The normalized spacial score (nSPS) is 13.4. The number of methoxy groups -OCH3 is 2. The number of ether oxygens (including phenoxy) is 2. The van der Waals surface area contributed by atoms with Crippen LogP contribution in [0.25, 0.3) is 0 Å². The summed E-state index contributed by atoms with van der Waals surface area (Å²) >= 11 is 0. The average molecular weight is 228 g/mol. The SMILES string of the molecule is C=C(C(=O)OC)[C@H](C(=O)OC)[C@H](C=O)CC. The van der Waals surface area contributed by atoms with Gasteiger partial charge in [-0.15, -0.1) is 0 Å². The highest BCUT2D eigenvalue weighted by atomic mass is 16.5. The summed E-state index contributed by atoms with van der Waals surface area (Å²) in [6.45, 7) is 5.21. The fourth-order valence-corrected chi connectivity index (χ4v) is 1.37. The summed E-state index contributed by atoms with van der Waals surface area (Å²) in [7, 11) is 2.38. The number of hydrogen-bond donors (Lipinski definition) is 0. The van der Waals surface area contributed by atoms with E-state index in [9.17, 15) is 14.4 Å². The molecule has 0 aromatic rings. The third kappa shape index (κ3) is 3.18. The number of esters is 2. The van der Waals surface area contributed by atoms with E-state index in [1.807, 2.05) is 0 Å². The summed E-state index contributed by atoms with van der Waals surface area (Å²) in [6, 6.07) is 0. The minimum absolute atomic E-state index is 0.0618. The van der Waals surface area contributed by atoms with E-state index >= 15 is 0 Å². The Morgan fingerprint density at radius 3 is 2.19 bits per heavy atom. The van der Waals surface area contributed by atoms with Crippen LogP contribution >= 0.6 is 0 Å². The van der Waals surface area contributed by atoms with Crippen LogP contribution in [0, 0.1) is 11.8 Å². The average Bonchev–Trinajstić information content (AvgIpc) is 2.32. The quantitative estimate of drug-likeness (QED) is 0.381. The molecule has 0 spiro atoms. The van der Waals surface area contributed by atoms with Gasteiger partial charge in [-0.25, -0.2) is 4.79 Å². The Bertz CT molecular complexity index is 295. The van der Waals surface area contributed by atoms with Crippen molar-refractivity contribution in [2.45, 2.75) is 13.3 Å². The molecule has 0 heterocycles. The second-order valence-corrected chi connectivity index (χ2v) is 3.23. The molecule has 0 bridgehead atoms. The van der Waals surface area contributed by atoms with Crippen LogP contribution in [0.5, 0.6) is 0 Å². The first-order valence-corrected chi connectivity index (χ1v) is 4.83. The summed E-state index contributed by atoms with van der Waals surface area (Å²) in [5.74, 6) is -2.97. The largest absolute Gasteiger partial charge is 0.469 e. The molecule has 0 aromatic heterocycles. The van der Waals surface area contributed by atoms with Crippen LogP contribution in [0.4, 0.5) is 0 Å². The standard InChI is InChI=1S/C11H16O5/c1-5-8(6-12)9(11(14)16-4)7(2)10(13)15-3/h6,8-9H,2,5H2,1,3-4H3/t8-,9-/m0/s1. The molecule has 0 aromatic carbocycles. The topological polar surface area (TPSA) is 69.7 Å². The van der Waals surface area contributed by atoms with Gasteiger partial charge in [-0.05, 0) is 6.42 Å². The molecule has 0 radical (unpaired) electrons. The lowest BCUT2D eigenvalue weighted by atomic mass is 9.85. The van der Waals surface area contributed by atoms with Gasteiger partial charge in [-0.2, -0.15) is 0 Å². The van der Waals surface area contributed by atoms with Gasteiger partial charge in [0.1, 0.15) is 6.29 Å². The van der Waals surface area contributed by atoms with Crippen molar-refractivity contribution < 1.29 is 23.9 Å². The first-order chi connectivity index (χ1) is 7.53. The van der Waals surface area contributed by atoms with Crippen molar-refractivity contribution in [3.05, 3.63) is 12.2 Å². The minimum Gasteiger partial charge on any atom is -0.469 e. The summed E-state index contributed by atoms with van der Waals surface area (Å²) in [4.78, 5) is 33.6. The summed E-state index contributed by atoms with van der Waals surface area (Å²) in [6.07, 6.45) is 1.04. The molecule has 0 N–H and O–H groups in total. The highest BCUT2D eigenvalue weighted by molar-refractivity contribution is 5.96. The Balaban J connectivity index is 5.07. The molecule has 16 heavy (non-hydrogen) atoms. The molecule has 0 unspecified atom stereocenters. The van der Waals surface area contributed by atoms with Gasteiger partial charge >= 0.3 is 11.9 Å². The molecule has 0 rings (SSSR count). The van der Waals surface area contributed by atoms with Crippen molar-refractivity contribution in [2.75, 3.05) is 14.2 Å². The minimum atomic E-state index is -0.972. The first-order valence-electron chi connectivity index (χ1n) is 4.83. The molecule has 5 heteroatoms. The van der Waals surface area contributed by atoms with E-state index in [1.54, 1.807) is 6.92 Å². The lowest BCUT2D eigenvalue weighted by Crippen LogP contribution is -2.30. The molecular formula is C11H16O5. The van der Waals surface area contributed by atoms with E-state index in [4.69, 9.17) is 0 Å². The number of carbonyl (C=O) groups is 3. The molecule has 0 saturated carbocycles. The maximum atomic E-state index is 11.5. The highest BCUT2D eigenvalue weighted by Crippen LogP contribution is 2.23. The van der Waals surface area contributed by atoms with Gasteiger partial charge in [0.05, 0.1) is 20.1 Å². The number of aldehydes is 1. The van der Waals surface area contributed by atoms with Gasteiger partial charge in [0.25, 0.3) is 0 Å². The van der Waals surface area contributed by atoms with Gasteiger partial charge < -0.3 is 14.3 Å². The molecule has 0 aliphatic rings. The van der Waals surface area contributed by atoms with E-state index < -0.39 is 23.8 Å². The Labute approximate surface area is 94.4 Å². The maximum Gasteiger partial charge on any atom is 0.334 e. The van der Waals surface area contributed by atoms with E-state index in [0.717, 1.165) is 0 Å². The predicted molar refractivity (Wildman–Crippen MR) is 56.5 cm³/mol. The monoisotopic (exact) mass is 228 g/mol. The van der Waals surface area contributed by atoms with Crippen LogP contribution in [0.2, 0.25) is 0 Å². The maximum absolute atomic E-state index is 11.5. The third-order valence-electron chi connectivity index (χ3n) is 2.35.